The van der Waals surface area contributed by atoms with Gasteiger partial charge in [-0.3, -0.25) is 0 Å². The molecule has 1 N–H and O–H groups in total. The highest BCUT2D eigenvalue weighted by molar-refractivity contribution is 5.18. The van der Waals surface area contributed by atoms with Crippen LogP contribution in [-0.2, 0) is 11.3 Å². The highest BCUT2D eigenvalue weighted by Gasteiger charge is 2.28. The number of benzene rings is 1. The van der Waals surface area contributed by atoms with E-state index < -0.39 is 11.6 Å². The van der Waals surface area contributed by atoms with Gasteiger partial charge in [-0.2, -0.15) is 0 Å². The lowest BCUT2D eigenvalue weighted by molar-refractivity contribution is 0.0169. The van der Waals surface area contributed by atoms with Crippen LogP contribution in [0.5, 0.6) is 0 Å². The minimum atomic E-state index is -0.789. The molecule has 1 saturated carbocycles. The number of halogens is 2. The van der Waals surface area contributed by atoms with E-state index in [1.54, 1.807) is 13.2 Å². The smallest absolute Gasteiger partial charge is 0.163 e. The third-order valence-electron chi connectivity index (χ3n) is 3.04. The first-order chi connectivity index (χ1) is 7.70. The van der Waals surface area contributed by atoms with Crippen molar-refractivity contribution in [3.05, 3.63) is 35.4 Å². The highest BCUT2D eigenvalue weighted by atomic mass is 19.2. The summed E-state index contributed by atoms with van der Waals surface area (Å²) >= 11 is 0. The highest BCUT2D eigenvalue weighted by Crippen LogP contribution is 2.23. The van der Waals surface area contributed by atoms with E-state index in [0.29, 0.717) is 24.3 Å². The molecule has 0 spiro atoms. The summed E-state index contributed by atoms with van der Waals surface area (Å²) in [5.74, 6) is -1.54. The monoisotopic (exact) mass is 227 g/mol. The van der Waals surface area contributed by atoms with Crippen molar-refractivity contribution in [1.82, 2.24) is 5.32 Å². The summed E-state index contributed by atoms with van der Waals surface area (Å²) in [6, 6.07) is 4.60. The predicted octanol–water partition coefficient (Wildman–Crippen LogP) is 2.23. The fourth-order valence-corrected chi connectivity index (χ4v) is 1.86. The minimum Gasteiger partial charge on any atom is -0.381 e. The predicted molar refractivity (Wildman–Crippen MR) is 57.0 cm³/mol. The van der Waals surface area contributed by atoms with Gasteiger partial charge in [0.25, 0.3) is 0 Å². The summed E-state index contributed by atoms with van der Waals surface area (Å²) in [5, 5.41) is 3.18. The first-order valence-electron chi connectivity index (χ1n) is 5.39. The number of hydrogen-bond donors (Lipinski definition) is 1. The van der Waals surface area contributed by atoms with Crippen molar-refractivity contribution in [3.63, 3.8) is 0 Å². The lowest BCUT2D eigenvalue weighted by atomic mass is 9.89. The molecule has 0 amide bonds. The van der Waals surface area contributed by atoms with Gasteiger partial charge >= 0.3 is 0 Å². The number of ether oxygens (including phenoxy) is 1. The second-order valence-corrected chi connectivity index (χ2v) is 4.12. The van der Waals surface area contributed by atoms with Crippen molar-refractivity contribution < 1.29 is 13.5 Å². The van der Waals surface area contributed by atoms with Gasteiger partial charge in [-0.15, -0.1) is 0 Å². The lowest BCUT2D eigenvalue weighted by Crippen LogP contribution is -2.44. The number of nitrogens with one attached hydrogen (secondary N) is 1. The quantitative estimate of drug-likeness (QED) is 0.851. The maximum absolute atomic E-state index is 13.3. The van der Waals surface area contributed by atoms with Crippen molar-refractivity contribution in [1.29, 1.82) is 0 Å². The molecule has 0 saturated heterocycles. The SMILES string of the molecule is COC1CC(NCc2cccc(F)c2F)C1. The van der Waals surface area contributed by atoms with Crippen molar-refractivity contribution >= 4 is 0 Å². The summed E-state index contributed by atoms with van der Waals surface area (Å²) in [4.78, 5) is 0. The van der Waals surface area contributed by atoms with E-state index in [-0.39, 0.29) is 0 Å². The Morgan fingerprint density at radius 1 is 1.38 bits per heavy atom. The molecular formula is C12H15F2NO. The molecule has 88 valence electrons. The van der Waals surface area contributed by atoms with E-state index >= 15 is 0 Å². The van der Waals surface area contributed by atoms with Crippen LogP contribution >= 0.6 is 0 Å². The van der Waals surface area contributed by atoms with Gasteiger partial charge in [-0.25, -0.2) is 8.78 Å². The van der Waals surface area contributed by atoms with Crippen LogP contribution in [0.1, 0.15) is 18.4 Å². The molecule has 2 rings (SSSR count). The van der Waals surface area contributed by atoms with Gasteiger partial charge in [0.1, 0.15) is 0 Å². The van der Waals surface area contributed by atoms with Gasteiger partial charge in [0.2, 0.25) is 0 Å². The summed E-state index contributed by atoms with van der Waals surface area (Å²) in [6.45, 7) is 0.366. The van der Waals surface area contributed by atoms with Gasteiger partial charge in [0.05, 0.1) is 6.10 Å². The van der Waals surface area contributed by atoms with Gasteiger partial charge in [-0.1, -0.05) is 12.1 Å². The number of hydrogen-bond acceptors (Lipinski definition) is 2. The zero-order chi connectivity index (χ0) is 11.5. The molecule has 1 aliphatic carbocycles. The minimum absolute atomic E-state index is 0.315. The van der Waals surface area contributed by atoms with Crippen molar-refractivity contribution in [2.45, 2.75) is 31.5 Å². The molecule has 0 heterocycles. The Morgan fingerprint density at radius 2 is 2.12 bits per heavy atom. The third-order valence-corrected chi connectivity index (χ3v) is 3.04. The molecule has 2 nitrogen and oxygen atoms in total. The van der Waals surface area contributed by atoms with Crippen molar-refractivity contribution in [2.24, 2.45) is 0 Å². The summed E-state index contributed by atoms with van der Waals surface area (Å²) in [7, 11) is 1.69. The topological polar surface area (TPSA) is 21.3 Å². The second kappa shape index (κ2) is 4.89. The average Bonchev–Trinajstić information content (AvgIpc) is 2.22. The Bertz CT molecular complexity index is 364. The molecule has 0 aromatic heterocycles. The summed E-state index contributed by atoms with van der Waals surface area (Å²) < 4.78 is 31.3. The Balaban J connectivity index is 1.84. The number of rotatable bonds is 4. The van der Waals surface area contributed by atoms with Gasteiger partial charge < -0.3 is 10.1 Å². The molecule has 1 aromatic rings. The van der Waals surface area contributed by atoms with Crippen LogP contribution in [0, 0.1) is 11.6 Å². The van der Waals surface area contributed by atoms with Gasteiger partial charge in [0.15, 0.2) is 11.6 Å². The fourth-order valence-electron chi connectivity index (χ4n) is 1.86. The standard InChI is InChI=1S/C12H15F2NO/c1-16-10-5-9(6-10)15-7-8-3-2-4-11(13)12(8)14/h2-4,9-10,15H,5-7H2,1H3. The molecule has 4 heteroatoms. The molecular weight excluding hydrogens is 212 g/mol. The van der Waals surface area contributed by atoms with E-state index in [1.165, 1.54) is 6.07 Å². The van der Waals surface area contributed by atoms with E-state index in [1.807, 2.05) is 0 Å². The molecule has 16 heavy (non-hydrogen) atoms. The molecule has 1 aromatic carbocycles. The Morgan fingerprint density at radius 3 is 2.81 bits per heavy atom. The van der Waals surface area contributed by atoms with Crippen LogP contribution in [0.4, 0.5) is 8.78 Å². The van der Waals surface area contributed by atoms with Gasteiger partial charge in [0, 0.05) is 25.3 Å². The fraction of sp³-hybridized carbons (Fsp3) is 0.500. The van der Waals surface area contributed by atoms with E-state index in [9.17, 15) is 8.78 Å². The maximum atomic E-state index is 13.3. The molecule has 0 radical (unpaired) electrons. The van der Waals surface area contributed by atoms with Crippen molar-refractivity contribution in [3.8, 4) is 0 Å². The van der Waals surface area contributed by atoms with Crippen LogP contribution in [0.2, 0.25) is 0 Å². The Labute approximate surface area is 93.6 Å². The first kappa shape index (κ1) is 11.5. The first-order valence-corrected chi connectivity index (χ1v) is 5.39. The summed E-state index contributed by atoms with van der Waals surface area (Å²) in [6.07, 6.45) is 2.19. The second-order valence-electron chi connectivity index (χ2n) is 4.12. The van der Waals surface area contributed by atoms with Crippen LogP contribution in [0.3, 0.4) is 0 Å². The van der Waals surface area contributed by atoms with E-state index in [2.05, 4.69) is 5.32 Å². The largest absolute Gasteiger partial charge is 0.381 e. The van der Waals surface area contributed by atoms with Crippen LogP contribution in [0.25, 0.3) is 0 Å². The zero-order valence-corrected chi connectivity index (χ0v) is 9.17. The lowest BCUT2D eigenvalue weighted by Gasteiger charge is -2.34. The Kier molecular flexibility index (Phi) is 3.51. The molecule has 0 aliphatic heterocycles. The molecule has 0 unspecified atom stereocenters. The molecule has 1 fully saturated rings. The molecule has 1 aliphatic rings. The van der Waals surface area contributed by atoms with Gasteiger partial charge in [-0.05, 0) is 18.9 Å². The summed E-state index contributed by atoms with van der Waals surface area (Å²) in [5.41, 5.74) is 0.376. The van der Waals surface area contributed by atoms with Crippen molar-refractivity contribution in [2.75, 3.05) is 7.11 Å². The van der Waals surface area contributed by atoms with Crippen LogP contribution < -0.4 is 5.32 Å². The zero-order valence-electron chi connectivity index (χ0n) is 9.17. The van der Waals surface area contributed by atoms with E-state index in [0.717, 1.165) is 18.9 Å². The number of methoxy groups -OCH3 is 1. The maximum Gasteiger partial charge on any atom is 0.163 e. The molecule has 0 bridgehead atoms. The van der Waals surface area contributed by atoms with Crippen LogP contribution in [0.15, 0.2) is 18.2 Å². The molecule has 0 atom stereocenters. The third kappa shape index (κ3) is 2.39. The normalized spacial score (nSPS) is 24.2. The average molecular weight is 227 g/mol. The van der Waals surface area contributed by atoms with E-state index in [4.69, 9.17) is 4.74 Å². The Hall–Kier alpha value is -1.00. The van der Waals surface area contributed by atoms with Crippen LogP contribution in [-0.4, -0.2) is 19.3 Å².